The van der Waals surface area contributed by atoms with Crippen LogP contribution in [0.5, 0.6) is 0 Å². The van der Waals surface area contributed by atoms with Gasteiger partial charge in [0.2, 0.25) is 11.8 Å². The fourth-order valence-corrected chi connectivity index (χ4v) is 7.20. The molecular formula is C31H33Cl4N3O4S. The minimum Gasteiger partial charge on any atom is -0.352 e. The van der Waals surface area contributed by atoms with Crippen LogP contribution in [-0.2, 0) is 26.2 Å². The van der Waals surface area contributed by atoms with E-state index in [-0.39, 0.29) is 39.1 Å². The highest BCUT2D eigenvalue weighted by molar-refractivity contribution is 7.92. The average Bonchev–Trinajstić information content (AvgIpc) is 2.98. The van der Waals surface area contributed by atoms with E-state index in [4.69, 9.17) is 46.4 Å². The first kappa shape index (κ1) is 33.4. The molecule has 3 aromatic carbocycles. The van der Waals surface area contributed by atoms with Gasteiger partial charge >= 0.3 is 0 Å². The van der Waals surface area contributed by atoms with Crippen LogP contribution in [0.2, 0.25) is 20.1 Å². The summed E-state index contributed by atoms with van der Waals surface area (Å²) in [6.07, 6.45) is 4.92. The van der Waals surface area contributed by atoms with Crippen molar-refractivity contribution < 1.29 is 18.0 Å². The number of hydrogen-bond acceptors (Lipinski definition) is 4. The molecule has 1 N–H and O–H groups in total. The second kappa shape index (κ2) is 14.5. The molecule has 0 aliphatic heterocycles. The molecule has 1 fully saturated rings. The van der Waals surface area contributed by atoms with Crippen LogP contribution < -0.4 is 9.62 Å². The van der Waals surface area contributed by atoms with E-state index in [1.165, 1.54) is 35.2 Å². The number of benzene rings is 3. The Labute approximate surface area is 273 Å². The van der Waals surface area contributed by atoms with Crippen LogP contribution in [0.1, 0.15) is 50.2 Å². The fourth-order valence-electron chi connectivity index (χ4n) is 5.01. The molecule has 1 atom stereocenters. The molecule has 7 nitrogen and oxygen atoms in total. The van der Waals surface area contributed by atoms with Gasteiger partial charge in [-0.15, -0.1) is 0 Å². The minimum atomic E-state index is -4.29. The number of amides is 2. The molecule has 0 saturated heterocycles. The van der Waals surface area contributed by atoms with E-state index in [1.807, 2.05) is 6.92 Å². The Morgan fingerprint density at radius 2 is 1.53 bits per heavy atom. The summed E-state index contributed by atoms with van der Waals surface area (Å²) >= 11 is 25.1. The first-order valence-corrected chi connectivity index (χ1v) is 16.9. The number of sulfonamides is 1. The topological polar surface area (TPSA) is 86.8 Å². The number of carbonyl (C=O) groups is 2. The summed E-state index contributed by atoms with van der Waals surface area (Å²) in [5, 5.41) is 4.04. The van der Waals surface area contributed by atoms with Gasteiger partial charge in [-0.3, -0.25) is 13.9 Å². The van der Waals surface area contributed by atoms with Gasteiger partial charge in [-0.2, -0.15) is 0 Å². The average molecular weight is 686 g/mol. The van der Waals surface area contributed by atoms with E-state index in [2.05, 4.69) is 5.32 Å². The van der Waals surface area contributed by atoms with Crippen LogP contribution in [0.15, 0.2) is 65.6 Å². The summed E-state index contributed by atoms with van der Waals surface area (Å²) in [6.45, 7) is 2.81. The Kier molecular flexibility index (Phi) is 11.3. The molecule has 1 aliphatic rings. The third-order valence-corrected chi connectivity index (χ3v) is 10.6. The zero-order valence-electron chi connectivity index (χ0n) is 23.8. The van der Waals surface area contributed by atoms with Gasteiger partial charge in [0.1, 0.15) is 12.6 Å². The van der Waals surface area contributed by atoms with Crippen molar-refractivity contribution >= 4 is 73.9 Å². The van der Waals surface area contributed by atoms with Gasteiger partial charge in [0.25, 0.3) is 10.0 Å². The van der Waals surface area contributed by atoms with E-state index in [0.717, 1.165) is 42.0 Å². The Balaban J connectivity index is 1.72. The van der Waals surface area contributed by atoms with Gasteiger partial charge in [-0.1, -0.05) is 89.4 Å². The molecule has 0 aromatic heterocycles. The standard InChI is InChI=1S/C31H33Cl4N3O4S/c1-20-8-12-25(13-9-20)43(41,42)38(29-17-23(32)11-15-27(29)34)19-30(39)37(18-22-10-14-26(33)28(35)16-22)21(2)31(40)36-24-6-4-3-5-7-24/h8-17,21,24H,3-7,18-19H2,1-2H3,(H,36,40)/t21-/m0/s1. The Morgan fingerprint density at radius 3 is 2.19 bits per heavy atom. The number of aryl methyl sites for hydroxylation is 1. The molecule has 2 amide bonds. The summed E-state index contributed by atoms with van der Waals surface area (Å²) in [7, 11) is -4.29. The van der Waals surface area contributed by atoms with Gasteiger partial charge in [0, 0.05) is 17.6 Å². The molecule has 3 aromatic rings. The van der Waals surface area contributed by atoms with Crippen molar-refractivity contribution in [2.45, 2.75) is 69.5 Å². The summed E-state index contributed by atoms with van der Waals surface area (Å²) in [5.74, 6) is -0.946. The highest BCUT2D eigenvalue weighted by atomic mass is 35.5. The lowest BCUT2D eigenvalue weighted by atomic mass is 9.95. The molecule has 4 rings (SSSR count). The molecule has 12 heteroatoms. The largest absolute Gasteiger partial charge is 0.352 e. The number of halogens is 4. The molecule has 230 valence electrons. The van der Waals surface area contributed by atoms with Gasteiger partial charge in [-0.05, 0) is 74.7 Å². The lowest BCUT2D eigenvalue weighted by molar-refractivity contribution is -0.139. The van der Waals surface area contributed by atoms with Gasteiger partial charge in [0.05, 0.1) is 25.7 Å². The number of rotatable bonds is 10. The second-order valence-electron chi connectivity index (χ2n) is 10.7. The predicted molar refractivity (Wildman–Crippen MR) is 174 cm³/mol. The van der Waals surface area contributed by atoms with Crippen LogP contribution in [0.3, 0.4) is 0 Å². The van der Waals surface area contributed by atoms with E-state index in [0.29, 0.717) is 15.6 Å². The molecule has 0 heterocycles. The number of carbonyl (C=O) groups excluding carboxylic acids is 2. The second-order valence-corrected chi connectivity index (χ2v) is 14.2. The van der Waals surface area contributed by atoms with Gasteiger partial charge < -0.3 is 10.2 Å². The maximum absolute atomic E-state index is 14.2. The van der Waals surface area contributed by atoms with E-state index < -0.39 is 28.5 Å². The molecule has 0 radical (unpaired) electrons. The van der Waals surface area contributed by atoms with Crippen LogP contribution in [-0.4, -0.2) is 43.8 Å². The van der Waals surface area contributed by atoms with Gasteiger partial charge in [-0.25, -0.2) is 8.42 Å². The first-order valence-electron chi connectivity index (χ1n) is 13.9. The molecule has 1 aliphatic carbocycles. The van der Waals surface area contributed by atoms with Crippen LogP contribution in [0.25, 0.3) is 0 Å². The van der Waals surface area contributed by atoms with Gasteiger partial charge in [0.15, 0.2) is 0 Å². The third-order valence-electron chi connectivity index (χ3n) is 7.52. The maximum atomic E-state index is 14.2. The van der Waals surface area contributed by atoms with E-state index >= 15 is 0 Å². The lowest BCUT2D eigenvalue weighted by Crippen LogP contribution is -2.53. The number of nitrogens with one attached hydrogen (secondary N) is 1. The van der Waals surface area contributed by atoms with Crippen molar-refractivity contribution in [1.82, 2.24) is 10.2 Å². The zero-order chi connectivity index (χ0) is 31.3. The Hall–Kier alpha value is -2.49. The van der Waals surface area contributed by atoms with Crippen molar-refractivity contribution in [3.63, 3.8) is 0 Å². The smallest absolute Gasteiger partial charge is 0.264 e. The maximum Gasteiger partial charge on any atom is 0.264 e. The molecule has 0 unspecified atom stereocenters. The van der Waals surface area contributed by atoms with E-state index in [9.17, 15) is 18.0 Å². The van der Waals surface area contributed by atoms with Crippen LogP contribution in [0, 0.1) is 6.92 Å². The molecule has 1 saturated carbocycles. The monoisotopic (exact) mass is 683 g/mol. The summed E-state index contributed by atoms with van der Waals surface area (Å²) in [5.41, 5.74) is 1.53. The Bertz CT molecular complexity index is 1580. The minimum absolute atomic E-state index is 0.0172. The molecule has 43 heavy (non-hydrogen) atoms. The number of nitrogens with zero attached hydrogens (tertiary/aromatic N) is 2. The predicted octanol–water partition coefficient (Wildman–Crippen LogP) is 7.67. The molecule has 0 bridgehead atoms. The summed E-state index contributed by atoms with van der Waals surface area (Å²) < 4.78 is 29.0. The third kappa shape index (κ3) is 8.37. The quantitative estimate of drug-likeness (QED) is 0.238. The highest BCUT2D eigenvalue weighted by Gasteiger charge is 2.34. The molecule has 0 spiro atoms. The number of anilines is 1. The van der Waals surface area contributed by atoms with Crippen LogP contribution in [0.4, 0.5) is 5.69 Å². The summed E-state index contributed by atoms with van der Waals surface area (Å²) in [4.78, 5) is 28.9. The Morgan fingerprint density at radius 1 is 0.884 bits per heavy atom. The van der Waals surface area contributed by atoms with Crippen molar-refractivity contribution in [2.75, 3.05) is 10.8 Å². The molecular weight excluding hydrogens is 652 g/mol. The fraction of sp³-hybridized carbons (Fsp3) is 0.355. The van der Waals surface area contributed by atoms with Crippen molar-refractivity contribution in [3.8, 4) is 0 Å². The lowest BCUT2D eigenvalue weighted by Gasteiger charge is -2.33. The normalized spacial score (nSPS) is 14.7. The van der Waals surface area contributed by atoms with Crippen molar-refractivity contribution in [3.05, 3.63) is 91.9 Å². The van der Waals surface area contributed by atoms with Crippen LogP contribution >= 0.6 is 46.4 Å². The first-order chi connectivity index (χ1) is 20.4. The van der Waals surface area contributed by atoms with Crippen molar-refractivity contribution in [1.29, 1.82) is 0 Å². The van der Waals surface area contributed by atoms with Crippen molar-refractivity contribution in [2.24, 2.45) is 0 Å². The highest BCUT2D eigenvalue weighted by Crippen LogP contribution is 2.33. The SMILES string of the molecule is Cc1ccc(S(=O)(=O)N(CC(=O)N(Cc2ccc(Cl)c(Cl)c2)[C@@H](C)C(=O)NC2CCCCC2)c2cc(Cl)ccc2Cl)cc1. The van der Waals surface area contributed by atoms with E-state index in [1.54, 1.807) is 37.3 Å². The zero-order valence-corrected chi connectivity index (χ0v) is 27.7. The number of hydrogen-bond donors (Lipinski definition) is 1. The summed E-state index contributed by atoms with van der Waals surface area (Å²) in [6, 6.07) is 14.7.